The largest absolute Gasteiger partial charge is 0.493 e. The van der Waals surface area contributed by atoms with Crippen LogP contribution in [0.15, 0.2) is 24.8 Å². The Bertz CT molecular complexity index is 381. The molecule has 0 bridgehead atoms. The standard InChI is InChI=1S/C15H19FO/c1-2-13-8-9-14(10-15(13)16)17-11-12-6-4-3-5-7-12/h2,8-10,12H,1,3-7,11H2. The predicted octanol–water partition coefficient (Wildman–Crippen LogP) is 4.43. The average Bonchev–Trinajstić information content (AvgIpc) is 2.38. The van der Waals surface area contributed by atoms with Gasteiger partial charge in [-0.2, -0.15) is 0 Å². The van der Waals surface area contributed by atoms with Crippen molar-refractivity contribution in [3.63, 3.8) is 0 Å². The lowest BCUT2D eigenvalue weighted by atomic mass is 9.90. The second-order valence-electron chi connectivity index (χ2n) is 4.70. The summed E-state index contributed by atoms with van der Waals surface area (Å²) in [5, 5.41) is 0. The molecule has 0 N–H and O–H groups in total. The average molecular weight is 234 g/mol. The van der Waals surface area contributed by atoms with Crippen molar-refractivity contribution in [1.82, 2.24) is 0 Å². The van der Waals surface area contributed by atoms with Gasteiger partial charge >= 0.3 is 0 Å². The van der Waals surface area contributed by atoms with E-state index in [1.165, 1.54) is 44.2 Å². The number of hydrogen-bond donors (Lipinski definition) is 0. The van der Waals surface area contributed by atoms with E-state index in [0.717, 1.165) is 0 Å². The Morgan fingerprint density at radius 2 is 2.06 bits per heavy atom. The number of ether oxygens (including phenoxy) is 1. The predicted molar refractivity (Wildman–Crippen MR) is 68.6 cm³/mol. The van der Waals surface area contributed by atoms with Crippen LogP contribution in [0.3, 0.4) is 0 Å². The van der Waals surface area contributed by atoms with Crippen molar-refractivity contribution < 1.29 is 9.13 Å². The fourth-order valence-corrected chi connectivity index (χ4v) is 2.33. The highest BCUT2D eigenvalue weighted by Gasteiger charge is 2.14. The van der Waals surface area contributed by atoms with Gasteiger partial charge in [0.15, 0.2) is 0 Å². The monoisotopic (exact) mass is 234 g/mol. The molecule has 1 aliphatic rings. The van der Waals surface area contributed by atoms with E-state index in [1.807, 2.05) is 6.07 Å². The molecule has 0 aromatic heterocycles. The summed E-state index contributed by atoms with van der Waals surface area (Å²) in [6.45, 7) is 4.28. The first-order valence-corrected chi connectivity index (χ1v) is 6.34. The summed E-state index contributed by atoms with van der Waals surface area (Å²) in [5.74, 6) is 1.01. The summed E-state index contributed by atoms with van der Waals surface area (Å²) in [6, 6.07) is 4.96. The van der Waals surface area contributed by atoms with Crippen molar-refractivity contribution in [3.8, 4) is 5.75 Å². The summed E-state index contributed by atoms with van der Waals surface area (Å²) >= 11 is 0. The zero-order valence-electron chi connectivity index (χ0n) is 10.1. The first-order chi connectivity index (χ1) is 8.29. The summed E-state index contributed by atoms with van der Waals surface area (Å²) in [5.41, 5.74) is 0.523. The second-order valence-corrected chi connectivity index (χ2v) is 4.70. The highest BCUT2D eigenvalue weighted by Crippen LogP contribution is 2.25. The van der Waals surface area contributed by atoms with E-state index in [4.69, 9.17) is 4.74 Å². The van der Waals surface area contributed by atoms with E-state index in [-0.39, 0.29) is 5.82 Å². The molecule has 17 heavy (non-hydrogen) atoms. The second kappa shape index (κ2) is 5.85. The number of rotatable bonds is 4. The molecule has 0 spiro atoms. The normalized spacial score (nSPS) is 16.8. The fraction of sp³-hybridized carbons (Fsp3) is 0.467. The minimum Gasteiger partial charge on any atom is -0.493 e. The van der Waals surface area contributed by atoms with Gasteiger partial charge in [-0.15, -0.1) is 0 Å². The van der Waals surface area contributed by atoms with E-state index in [0.29, 0.717) is 23.8 Å². The van der Waals surface area contributed by atoms with Crippen LogP contribution >= 0.6 is 0 Å². The third kappa shape index (κ3) is 3.32. The quantitative estimate of drug-likeness (QED) is 0.749. The Morgan fingerprint density at radius 1 is 1.29 bits per heavy atom. The molecule has 0 heterocycles. The molecule has 1 aromatic carbocycles. The molecule has 0 unspecified atom stereocenters. The van der Waals surface area contributed by atoms with Gasteiger partial charge in [0.1, 0.15) is 11.6 Å². The van der Waals surface area contributed by atoms with Gasteiger partial charge in [-0.3, -0.25) is 0 Å². The van der Waals surface area contributed by atoms with Crippen LogP contribution in [0.25, 0.3) is 6.08 Å². The Labute approximate surface area is 102 Å². The van der Waals surface area contributed by atoms with Crippen LogP contribution in [0.2, 0.25) is 0 Å². The van der Waals surface area contributed by atoms with Crippen molar-refractivity contribution in [2.24, 2.45) is 5.92 Å². The first-order valence-electron chi connectivity index (χ1n) is 6.34. The first kappa shape index (κ1) is 12.2. The summed E-state index contributed by atoms with van der Waals surface area (Å²) in [7, 11) is 0. The van der Waals surface area contributed by atoms with Gasteiger partial charge in [0.2, 0.25) is 0 Å². The van der Waals surface area contributed by atoms with Crippen LogP contribution in [0.1, 0.15) is 37.7 Å². The third-order valence-corrected chi connectivity index (χ3v) is 3.40. The molecule has 1 aliphatic carbocycles. The zero-order chi connectivity index (χ0) is 12.1. The van der Waals surface area contributed by atoms with Gasteiger partial charge in [-0.05, 0) is 30.9 Å². The van der Waals surface area contributed by atoms with Gasteiger partial charge in [-0.1, -0.05) is 31.9 Å². The van der Waals surface area contributed by atoms with Crippen molar-refractivity contribution in [3.05, 3.63) is 36.2 Å². The topological polar surface area (TPSA) is 9.23 Å². The van der Waals surface area contributed by atoms with Gasteiger partial charge in [0.25, 0.3) is 0 Å². The van der Waals surface area contributed by atoms with Gasteiger partial charge in [-0.25, -0.2) is 4.39 Å². The van der Waals surface area contributed by atoms with Crippen molar-refractivity contribution >= 4 is 6.08 Å². The molecular formula is C15H19FO. The Balaban J connectivity index is 1.90. The van der Waals surface area contributed by atoms with Gasteiger partial charge in [0.05, 0.1) is 6.61 Å². The maximum atomic E-state index is 13.5. The van der Waals surface area contributed by atoms with Gasteiger partial charge in [0, 0.05) is 11.6 Å². The molecule has 2 heteroatoms. The molecule has 1 aromatic rings. The van der Waals surface area contributed by atoms with Crippen LogP contribution in [0, 0.1) is 11.7 Å². The lowest BCUT2D eigenvalue weighted by Crippen LogP contribution is -2.15. The molecule has 1 nitrogen and oxygen atoms in total. The minimum atomic E-state index is -0.263. The minimum absolute atomic E-state index is 0.263. The van der Waals surface area contributed by atoms with E-state index in [9.17, 15) is 4.39 Å². The van der Waals surface area contributed by atoms with Crippen molar-refractivity contribution in [2.45, 2.75) is 32.1 Å². The van der Waals surface area contributed by atoms with E-state index in [1.54, 1.807) is 6.07 Å². The highest BCUT2D eigenvalue weighted by molar-refractivity contribution is 5.49. The maximum absolute atomic E-state index is 13.5. The Kier molecular flexibility index (Phi) is 4.18. The van der Waals surface area contributed by atoms with Crippen molar-refractivity contribution in [2.75, 3.05) is 6.61 Å². The Hall–Kier alpha value is -1.31. The lowest BCUT2D eigenvalue weighted by Gasteiger charge is -2.21. The molecule has 0 saturated heterocycles. The van der Waals surface area contributed by atoms with Crippen molar-refractivity contribution in [1.29, 1.82) is 0 Å². The van der Waals surface area contributed by atoms with Crippen LogP contribution in [-0.2, 0) is 0 Å². The van der Waals surface area contributed by atoms with E-state index in [2.05, 4.69) is 6.58 Å². The van der Waals surface area contributed by atoms with Crippen LogP contribution in [0.5, 0.6) is 5.75 Å². The molecule has 1 fully saturated rings. The molecule has 2 rings (SSSR count). The summed E-state index contributed by atoms with van der Waals surface area (Å²) in [4.78, 5) is 0. The highest BCUT2D eigenvalue weighted by atomic mass is 19.1. The third-order valence-electron chi connectivity index (χ3n) is 3.40. The number of halogens is 1. The van der Waals surface area contributed by atoms with Gasteiger partial charge < -0.3 is 4.74 Å². The molecule has 0 amide bonds. The maximum Gasteiger partial charge on any atom is 0.134 e. The number of benzene rings is 1. The fourth-order valence-electron chi connectivity index (χ4n) is 2.33. The Morgan fingerprint density at radius 3 is 2.71 bits per heavy atom. The number of hydrogen-bond acceptors (Lipinski definition) is 1. The molecule has 0 atom stereocenters. The zero-order valence-corrected chi connectivity index (χ0v) is 10.1. The SMILES string of the molecule is C=Cc1ccc(OCC2CCCCC2)cc1F. The molecule has 1 saturated carbocycles. The molecule has 0 radical (unpaired) electrons. The summed E-state index contributed by atoms with van der Waals surface area (Å²) < 4.78 is 19.1. The van der Waals surface area contributed by atoms with Crippen LogP contribution in [-0.4, -0.2) is 6.61 Å². The lowest BCUT2D eigenvalue weighted by molar-refractivity contribution is 0.208. The summed E-state index contributed by atoms with van der Waals surface area (Å²) in [6.07, 6.45) is 7.95. The molecule has 0 aliphatic heterocycles. The molecule has 92 valence electrons. The smallest absolute Gasteiger partial charge is 0.134 e. The van der Waals surface area contributed by atoms with Crippen LogP contribution < -0.4 is 4.74 Å². The molecular weight excluding hydrogens is 215 g/mol. The van der Waals surface area contributed by atoms with E-state index >= 15 is 0 Å². The van der Waals surface area contributed by atoms with E-state index < -0.39 is 0 Å². The van der Waals surface area contributed by atoms with Crippen LogP contribution in [0.4, 0.5) is 4.39 Å².